The summed E-state index contributed by atoms with van der Waals surface area (Å²) in [6.45, 7) is 7.85. The highest BCUT2D eigenvalue weighted by Crippen LogP contribution is 2.32. The predicted molar refractivity (Wildman–Crippen MR) is 93.4 cm³/mol. The van der Waals surface area contributed by atoms with Crippen LogP contribution in [0.4, 0.5) is 5.82 Å². The van der Waals surface area contributed by atoms with Crippen LogP contribution in [0, 0.1) is 13.8 Å². The van der Waals surface area contributed by atoms with Gasteiger partial charge in [0.1, 0.15) is 11.6 Å². The maximum absolute atomic E-state index is 12.1. The Bertz CT molecular complexity index is 714. The molecule has 122 valence electrons. The van der Waals surface area contributed by atoms with Crippen molar-refractivity contribution in [2.45, 2.75) is 33.6 Å². The number of rotatable bonds is 5. The number of aromatic nitrogens is 1. The Morgan fingerprint density at radius 3 is 2.70 bits per heavy atom. The first-order valence-electron chi connectivity index (χ1n) is 7.52. The highest BCUT2D eigenvalue weighted by Gasteiger charge is 2.13. The van der Waals surface area contributed by atoms with Gasteiger partial charge in [-0.1, -0.05) is 31.5 Å². The number of pyridine rings is 1. The fourth-order valence-corrected chi connectivity index (χ4v) is 2.35. The van der Waals surface area contributed by atoms with Gasteiger partial charge in [0.25, 0.3) is 5.91 Å². The molecular weight excluding hydrogens is 312 g/mol. The first-order chi connectivity index (χ1) is 10.9. The second-order valence-electron chi connectivity index (χ2n) is 5.80. The highest BCUT2D eigenvalue weighted by molar-refractivity contribution is 6.31. The van der Waals surface area contributed by atoms with Gasteiger partial charge in [-0.2, -0.15) is 0 Å². The van der Waals surface area contributed by atoms with Crippen LogP contribution in [-0.4, -0.2) is 17.5 Å². The normalized spacial score (nSPS) is 10.7. The Labute approximate surface area is 141 Å². The summed E-state index contributed by atoms with van der Waals surface area (Å²) < 4.78 is 5.71. The second-order valence-corrected chi connectivity index (χ2v) is 6.21. The molecule has 0 saturated carbocycles. The van der Waals surface area contributed by atoms with Gasteiger partial charge in [-0.05, 0) is 54.7 Å². The van der Waals surface area contributed by atoms with Crippen molar-refractivity contribution in [1.29, 1.82) is 0 Å². The summed E-state index contributed by atoms with van der Waals surface area (Å²) in [5.41, 5.74) is 2.82. The van der Waals surface area contributed by atoms with Crippen LogP contribution in [0.1, 0.15) is 36.5 Å². The Morgan fingerprint density at radius 1 is 1.30 bits per heavy atom. The Kier molecular flexibility index (Phi) is 5.61. The van der Waals surface area contributed by atoms with E-state index in [1.165, 1.54) is 0 Å². The minimum atomic E-state index is -0.242. The molecule has 0 saturated heterocycles. The number of carbonyl (C=O) groups is 1. The van der Waals surface area contributed by atoms with Crippen molar-refractivity contribution >= 4 is 23.3 Å². The summed E-state index contributed by atoms with van der Waals surface area (Å²) in [7, 11) is 0. The van der Waals surface area contributed by atoms with Crippen LogP contribution >= 0.6 is 11.6 Å². The maximum Gasteiger partial charge on any atom is 0.263 e. The number of benzene rings is 1. The largest absolute Gasteiger partial charge is 0.483 e. The van der Waals surface area contributed by atoms with Crippen LogP contribution in [0.25, 0.3) is 0 Å². The molecule has 0 bridgehead atoms. The fourth-order valence-electron chi connectivity index (χ4n) is 2.17. The minimum absolute atomic E-state index is 0.0726. The molecule has 1 aromatic heterocycles. The molecule has 0 aliphatic rings. The van der Waals surface area contributed by atoms with Crippen LogP contribution in [0.2, 0.25) is 5.02 Å². The van der Waals surface area contributed by atoms with E-state index in [1.807, 2.05) is 38.1 Å². The molecular formula is C18H21ClN2O2. The first kappa shape index (κ1) is 17.3. The van der Waals surface area contributed by atoms with Gasteiger partial charge in [-0.15, -0.1) is 0 Å². The molecule has 1 heterocycles. The molecule has 0 radical (unpaired) electrons. The van der Waals surface area contributed by atoms with Gasteiger partial charge in [0.05, 0.1) is 0 Å². The van der Waals surface area contributed by atoms with Crippen molar-refractivity contribution in [3.8, 4) is 5.75 Å². The van der Waals surface area contributed by atoms with Crippen molar-refractivity contribution < 1.29 is 9.53 Å². The van der Waals surface area contributed by atoms with Crippen LogP contribution in [0.3, 0.4) is 0 Å². The lowest BCUT2D eigenvalue weighted by molar-refractivity contribution is -0.118. The van der Waals surface area contributed by atoms with Crippen LogP contribution in [0.5, 0.6) is 5.75 Å². The smallest absolute Gasteiger partial charge is 0.263 e. The number of ether oxygens (including phenoxy) is 1. The minimum Gasteiger partial charge on any atom is -0.483 e. The average Bonchev–Trinajstić information content (AvgIpc) is 2.50. The van der Waals surface area contributed by atoms with Gasteiger partial charge >= 0.3 is 0 Å². The number of nitrogens with one attached hydrogen (secondary N) is 1. The SMILES string of the molecule is Cc1cc(OCC(=O)Nc2ncccc2C)c(C(C)C)cc1Cl. The summed E-state index contributed by atoms with van der Waals surface area (Å²) in [4.78, 5) is 16.2. The highest BCUT2D eigenvalue weighted by atomic mass is 35.5. The number of hydrogen-bond acceptors (Lipinski definition) is 3. The standard InChI is InChI=1S/C18H21ClN2O2/c1-11(2)14-9-15(19)13(4)8-16(14)23-10-17(22)21-18-12(3)6-5-7-20-18/h5-9,11H,10H2,1-4H3,(H,20,21,22). The van der Waals surface area contributed by atoms with E-state index in [4.69, 9.17) is 16.3 Å². The zero-order valence-corrected chi connectivity index (χ0v) is 14.6. The molecule has 23 heavy (non-hydrogen) atoms. The Morgan fingerprint density at radius 2 is 2.04 bits per heavy atom. The molecule has 0 aliphatic carbocycles. The van der Waals surface area contributed by atoms with E-state index in [0.717, 1.165) is 16.7 Å². The molecule has 0 spiro atoms. The molecule has 0 unspecified atom stereocenters. The lowest BCUT2D eigenvalue weighted by Gasteiger charge is -2.16. The summed E-state index contributed by atoms with van der Waals surface area (Å²) in [6, 6.07) is 7.49. The number of anilines is 1. The van der Waals surface area contributed by atoms with Crippen molar-refractivity contribution in [2.75, 3.05) is 11.9 Å². The van der Waals surface area contributed by atoms with E-state index >= 15 is 0 Å². The number of hydrogen-bond donors (Lipinski definition) is 1. The molecule has 1 aromatic carbocycles. The van der Waals surface area contributed by atoms with Gasteiger partial charge in [0, 0.05) is 11.2 Å². The lowest BCUT2D eigenvalue weighted by atomic mass is 10.0. The average molecular weight is 333 g/mol. The van der Waals surface area contributed by atoms with E-state index in [1.54, 1.807) is 6.20 Å². The molecule has 5 heteroatoms. The zero-order chi connectivity index (χ0) is 17.0. The monoisotopic (exact) mass is 332 g/mol. The van der Waals surface area contributed by atoms with E-state index in [-0.39, 0.29) is 18.4 Å². The summed E-state index contributed by atoms with van der Waals surface area (Å²) in [5.74, 6) is 1.26. The third-order valence-corrected chi connectivity index (χ3v) is 3.95. The number of nitrogens with zero attached hydrogens (tertiary/aromatic N) is 1. The van der Waals surface area contributed by atoms with Crippen molar-refractivity contribution in [1.82, 2.24) is 4.98 Å². The molecule has 0 atom stereocenters. The molecule has 1 amide bonds. The van der Waals surface area contributed by atoms with Gasteiger partial charge in [0.2, 0.25) is 0 Å². The maximum atomic E-state index is 12.1. The molecule has 2 aromatic rings. The Hall–Kier alpha value is -2.07. The number of carbonyl (C=O) groups excluding carboxylic acids is 1. The fraction of sp³-hybridized carbons (Fsp3) is 0.333. The van der Waals surface area contributed by atoms with Gasteiger partial charge in [-0.25, -0.2) is 4.98 Å². The first-order valence-corrected chi connectivity index (χ1v) is 7.90. The molecule has 1 N–H and O–H groups in total. The van der Waals surface area contributed by atoms with Crippen LogP contribution < -0.4 is 10.1 Å². The van der Waals surface area contributed by atoms with Crippen molar-refractivity contribution in [2.24, 2.45) is 0 Å². The van der Waals surface area contributed by atoms with Crippen molar-refractivity contribution in [3.05, 3.63) is 52.2 Å². The van der Waals surface area contributed by atoms with E-state index in [2.05, 4.69) is 24.1 Å². The van der Waals surface area contributed by atoms with Gasteiger partial charge < -0.3 is 10.1 Å². The van der Waals surface area contributed by atoms with Gasteiger partial charge in [0.15, 0.2) is 6.61 Å². The number of halogens is 1. The van der Waals surface area contributed by atoms with Gasteiger partial charge in [-0.3, -0.25) is 4.79 Å². The summed E-state index contributed by atoms with van der Waals surface area (Å²) in [6.07, 6.45) is 1.64. The molecule has 0 aliphatic heterocycles. The molecule has 2 rings (SSSR count). The third-order valence-electron chi connectivity index (χ3n) is 3.54. The second kappa shape index (κ2) is 7.47. The number of aryl methyl sites for hydroxylation is 2. The molecule has 4 nitrogen and oxygen atoms in total. The summed E-state index contributed by atoms with van der Waals surface area (Å²) in [5, 5.41) is 3.46. The predicted octanol–water partition coefficient (Wildman–Crippen LogP) is 4.49. The lowest BCUT2D eigenvalue weighted by Crippen LogP contribution is -2.21. The number of amides is 1. The summed E-state index contributed by atoms with van der Waals surface area (Å²) >= 11 is 6.17. The Balaban J connectivity index is 2.07. The van der Waals surface area contributed by atoms with E-state index in [0.29, 0.717) is 16.6 Å². The van der Waals surface area contributed by atoms with Crippen LogP contribution in [-0.2, 0) is 4.79 Å². The quantitative estimate of drug-likeness (QED) is 0.877. The third kappa shape index (κ3) is 4.45. The topological polar surface area (TPSA) is 51.2 Å². The molecule has 0 fully saturated rings. The van der Waals surface area contributed by atoms with E-state index < -0.39 is 0 Å². The van der Waals surface area contributed by atoms with Crippen molar-refractivity contribution in [3.63, 3.8) is 0 Å². The zero-order valence-electron chi connectivity index (χ0n) is 13.8. The van der Waals surface area contributed by atoms with E-state index in [9.17, 15) is 4.79 Å². The van der Waals surface area contributed by atoms with Crippen LogP contribution in [0.15, 0.2) is 30.5 Å².